The highest BCUT2D eigenvalue weighted by molar-refractivity contribution is 6.04. The van der Waals surface area contributed by atoms with Gasteiger partial charge in [-0.25, -0.2) is 0 Å². The first-order valence-electron chi connectivity index (χ1n) is 6.87. The van der Waals surface area contributed by atoms with Crippen LogP contribution in [-0.2, 0) is 11.2 Å². The molecule has 0 heterocycles. The SMILES string of the molecule is CC(C)NC(=O)CCOc1cccc2c1CCC2=NO. The number of nitrogens with one attached hydrogen (secondary N) is 1. The van der Waals surface area contributed by atoms with Crippen LogP contribution in [0.4, 0.5) is 0 Å². The molecule has 0 bridgehead atoms. The van der Waals surface area contributed by atoms with Gasteiger partial charge in [0.1, 0.15) is 5.75 Å². The van der Waals surface area contributed by atoms with Gasteiger partial charge in [-0.3, -0.25) is 4.79 Å². The van der Waals surface area contributed by atoms with Gasteiger partial charge in [0.2, 0.25) is 5.91 Å². The van der Waals surface area contributed by atoms with Gasteiger partial charge in [0, 0.05) is 17.2 Å². The maximum absolute atomic E-state index is 11.5. The predicted molar refractivity (Wildman–Crippen MR) is 76.5 cm³/mol. The molecule has 0 unspecified atom stereocenters. The van der Waals surface area contributed by atoms with E-state index in [1.165, 1.54) is 0 Å². The Labute approximate surface area is 118 Å². The van der Waals surface area contributed by atoms with Crippen LogP contribution < -0.4 is 10.1 Å². The second-order valence-electron chi connectivity index (χ2n) is 5.15. The standard InChI is InChI=1S/C15H20N2O3/c1-10(2)16-15(18)8-9-20-14-5-3-4-11-12(14)6-7-13(11)17-19/h3-5,10,19H,6-9H2,1-2H3,(H,16,18). The Morgan fingerprint density at radius 1 is 1.45 bits per heavy atom. The van der Waals surface area contributed by atoms with Gasteiger partial charge in [0.05, 0.1) is 18.7 Å². The van der Waals surface area contributed by atoms with E-state index in [1.807, 2.05) is 32.0 Å². The van der Waals surface area contributed by atoms with Crippen LogP contribution in [0.25, 0.3) is 0 Å². The third-order valence-electron chi connectivity index (χ3n) is 3.21. The number of benzene rings is 1. The van der Waals surface area contributed by atoms with Crippen LogP contribution in [0, 0.1) is 0 Å². The second kappa shape index (κ2) is 6.41. The van der Waals surface area contributed by atoms with E-state index in [1.54, 1.807) is 0 Å². The van der Waals surface area contributed by atoms with Crippen LogP contribution in [0.2, 0.25) is 0 Å². The van der Waals surface area contributed by atoms with Crippen molar-refractivity contribution in [1.29, 1.82) is 0 Å². The average molecular weight is 276 g/mol. The first-order valence-corrected chi connectivity index (χ1v) is 6.87. The largest absolute Gasteiger partial charge is 0.493 e. The molecule has 1 aromatic carbocycles. The number of hydrogen-bond acceptors (Lipinski definition) is 4. The van der Waals surface area contributed by atoms with Gasteiger partial charge in [-0.2, -0.15) is 0 Å². The number of carbonyl (C=O) groups excluding carboxylic acids is 1. The van der Waals surface area contributed by atoms with Crippen molar-refractivity contribution in [2.75, 3.05) is 6.61 Å². The Bertz CT molecular complexity index is 524. The van der Waals surface area contributed by atoms with E-state index < -0.39 is 0 Å². The Morgan fingerprint density at radius 3 is 2.95 bits per heavy atom. The number of rotatable bonds is 5. The summed E-state index contributed by atoms with van der Waals surface area (Å²) in [5, 5.41) is 15.1. The number of carbonyl (C=O) groups is 1. The lowest BCUT2D eigenvalue weighted by molar-refractivity contribution is -0.122. The monoisotopic (exact) mass is 276 g/mol. The Hall–Kier alpha value is -2.04. The van der Waals surface area contributed by atoms with Gasteiger partial charge in [-0.15, -0.1) is 0 Å². The first kappa shape index (κ1) is 14.4. The zero-order chi connectivity index (χ0) is 14.5. The van der Waals surface area contributed by atoms with Crippen molar-refractivity contribution in [3.8, 4) is 5.75 Å². The summed E-state index contributed by atoms with van der Waals surface area (Å²) >= 11 is 0. The third kappa shape index (κ3) is 3.29. The molecule has 0 radical (unpaired) electrons. The fourth-order valence-electron chi connectivity index (χ4n) is 2.36. The van der Waals surface area contributed by atoms with Crippen molar-refractivity contribution in [2.45, 2.75) is 39.2 Å². The van der Waals surface area contributed by atoms with Gasteiger partial charge in [-0.1, -0.05) is 17.3 Å². The number of hydrogen-bond donors (Lipinski definition) is 2. The van der Waals surface area contributed by atoms with E-state index in [2.05, 4.69) is 10.5 Å². The van der Waals surface area contributed by atoms with Gasteiger partial charge in [0.25, 0.3) is 0 Å². The summed E-state index contributed by atoms with van der Waals surface area (Å²) in [6, 6.07) is 5.83. The summed E-state index contributed by atoms with van der Waals surface area (Å²) in [5.74, 6) is 0.767. The van der Waals surface area contributed by atoms with Crippen LogP contribution in [0.5, 0.6) is 5.75 Å². The van der Waals surface area contributed by atoms with Crippen molar-refractivity contribution < 1.29 is 14.7 Å². The summed E-state index contributed by atoms with van der Waals surface area (Å²) in [6.45, 7) is 4.21. The quantitative estimate of drug-likeness (QED) is 0.639. The number of amides is 1. The molecule has 1 aliphatic rings. The lowest BCUT2D eigenvalue weighted by Crippen LogP contribution is -2.31. The minimum absolute atomic E-state index is 0.00909. The van der Waals surface area contributed by atoms with E-state index in [4.69, 9.17) is 9.94 Å². The number of fused-ring (bicyclic) bond motifs is 1. The summed E-state index contributed by atoms with van der Waals surface area (Å²) in [6.07, 6.45) is 1.87. The minimum atomic E-state index is -0.00909. The zero-order valence-electron chi connectivity index (χ0n) is 11.8. The first-order chi connectivity index (χ1) is 9.61. The molecule has 1 amide bonds. The average Bonchev–Trinajstić information content (AvgIpc) is 2.81. The highest BCUT2D eigenvalue weighted by Crippen LogP contribution is 2.30. The van der Waals surface area contributed by atoms with E-state index in [0.29, 0.717) is 18.7 Å². The fraction of sp³-hybridized carbons (Fsp3) is 0.467. The molecule has 0 atom stereocenters. The molecule has 1 aliphatic carbocycles. The molecule has 5 heteroatoms. The van der Waals surface area contributed by atoms with Crippen LogP contribution >= 0.6 is 0 Å². The van der Waals surface area contributed by atoms with Crippen molar-refractivity contribution >= 4 is 11.6 Å². The molecular formula is C15H20N2O3. The number of nitrogens with zero attached hydrogens (tertiary/aromatic N) is 1. The molecule has 0 fully saturated rings. The number of oxime groups is 1. The normalized spacial score (nSPS) is 15.4. The predicted octanol–water partition coefficient (Wildman–Crippen LogP) is 2.10. The molecule has 0 aromatic heterocycles. The molecule has 0 aliphatic heterocycles. The summed E-state index contributed by atoms with van der Waals surface area (Å²) in [4.78, 5) is 11.5. The fourth-order valence-corrected chi connectivity index (χ4v) is 2.36. The lowest BCUT2D eigenvalue weighted by Gasteiger charge is -2.11. The Kier molecular flexibility index (Phi) is 4.61. The van der Waals surface area contributed by atoms with Crippen molar-refractivity contribution in [3.63, 3.8) is 0 Å². The highest BCUT2D eigenvalue weighted by Gasteiger charge is 2.21. The molecular weight excluding hydrogens is 256 g/mol. The molecule has 108 valence electrons. The van der Waals surface area contributed by atoms with Crippen molar-refractivity contribution in [3.05, 3.63) is 29.3 Å². The molecule has 2 N–H and O–H groups in total. The highest BCUT2D eigenvalue weighted by atomic mass is 16.5. The molecule has 20 heavy (non-hydrogen) atoms. The maximum atomic E-state index is 11.5. The van der Waals surface area contributed by atoms with Crippen molar-refractivity contribution in [2.24, 2.45) is 5.16 Å². The molecule has 1 aromatic rings. The van der Waals surface area contributed by atoms with Crippen LogP contribution in [0.3, 0.4) is 0 Å². The summed E-state index contributed by atoms with van der Waals surface area (Å²) in [5.41, 5.74) is 2.70. The van der Waals surface area contributed by atoms with E-state index in [-0.39, 0.29) is 11.9 Å². The van der Waals surface area contributed by atoms with Crippen LogP contribution in [0.1, 0.15) is 37.8 Å². The Balaban J connectivity index is 1.95. The molecule has 5 nitrogen and oxygen atoms in total. The lowest BCUT2D eigenvalue weighted by atomic mass is 10.1. The van der Waals surface area contributed by atoms with E-state index in [0.717, 1.165) is 29.7 Å². The zero-order valence-corrected chi connectivity index (χ0v) is 11.8. The molecule has 0 spiro atoms. The smallest absolute Gasteiger partial charge is 0.223 e. The molecule has 2 rings (SSSR count). The van der Waals surface area contributed by atoms with Gasteiger partial charge >= 0.3 is 0 Å². The van der Waals surface area contributed by atoms with Crippen LogP contribution in [0.15, 0.2) is 23.4 Å². The summed E-state index contributed by atoms with van der Waals surface area (Å²) in [7, 11) is 0. The second-order valence-corrected chi connectivity index (χ2v) is 5.15. The van der Waals surface area contributed by atoms with Gasteiger partial charge < -0.3 is 15.3 Å². The molecule has 0 saturated heterocycles. The van der Waals surface area contributed by atoms with Crippen molar-refractivity contribution in [1.82, 2.24) is 5.32 Å². The Morgan fingerprint density at radius 2 is 2.25 bits per heavy atom. The topological polar surface area (TPSA) is 70.9 Å². The van der Waals surface area contributed by atoms with Gasteiger partial charge in [0.15, 0.2) is 0 Å². The molecule has 0 saturated carbocycles. The van der Waals surface area contributed by atoms with E-state index in [9.17, 15) is 4.79 Å². The van der Waals surface area contributed by atoms with Crippen LogP contribution in [-0.4, -0.2) is 29.5 Å². The van der Waals surface area contributed by atoms with E-state index >= 15 is 0 Å². The maximum Gasteiger partial charge on any atom is 0.223 e. The number of ether oxygens (including phenoxy) is 1. The van der Waals surface area contributed by atoms with Gasteiger partial charge in [-0.05, 0) is 32.8 Å². The minimum Gasteiger partial charge on any atom is -0.493 e. The third-order valence-corrected chi connectivity index (χ3v) is 3.21. The summed E-state index contributed by atoms with van der Waals surface area (Å²) < 4.78 is 5.70.